The Kier molecular flexibility index (Phi) is 5.22. The first-order chi connectivity index (χ1) is 13.1. The Bertz CT molecular complexity index is 705. The Balaban J connectivity index is 1.44. The van der Waals surface area contributed by atoms with Crippen molar-refractivity contribution in [3.63, 3.8) is 0 Å². The Labute approximate surface area is 161 Å². The van der Waals surface area contributed by atoms with Crippen LogP contribution in [-0.2, 0) is 19.7 Å². The molecule has 3 aliphatic rings. The van der Waals surface area contributed by atoms with E-state index in [0.717, 1.165) is 38.9 Å². The van der Waals surface area contributed by atoms with E-state index in [2.05, 4.69) is 29.6 Å². The second-order valence-corrected chi connectivity index (χ2v) is 8.53. The van der Waals surface area contributed by atoms with Gasteiger partial charge in [0, 0.05) is 33.2 Å². The Morgan fingerprint density at radius 1 is 1.22 bits per heavy atom. The third kappa shape index (κ3) is 3.88. The smallest absolute Gasteiger partial charge is 0.248 e. The van der Waals surface area contributed by atoms with Crippen LogP contribution in [-0.4, -0.2) is 50.1 Å². The van der Waals surface area contributed by atoms with E-state index in [1.54, 1.807) is 7.11 Å². The summed E-state index contributed by atoms with van der Waals surface area (Å²) < 4.78 is 5.00. The Morgan fingerprint density at radius 3 is 2.67 bits per heavy atom. The number of nitrogens with zero attached hydrogens (tertiary/aromatic N) is 1. The van der Waals surface area contributed by atoms with Gasteiger partial charge >= 0.3 is 0 Å². The number of piperidine rings is 1. The van der Waals surface area contributed by atoms with E-state index >= 15 is 0 Å². The van der Waals surface area contributed by atoms with Gasteiger partial charge < -0.3 is 15.0 Å². The fraction of sp³-hybridized carbons (Fsp3) is 0.636. The lowest BCUT2D eigenvalue weighted by atomic mass is 9.73. The van der Waals surface area contributed by atoms with Gasteiger partial charge in [-0.05, 0) is 60.5 Å². The molecular formula is C22H30N2O3. The Hall–Kier alpha value is -1.88. The van der Waals surface area contributed by atoms with Crippen molar-refractivity contribution in [1.29, 1.82) is 0 Å². The average Bonchev–Trinajstić information content (AvgIpc) is 3.47. The van der Waals surface area contributed by atoms with E-state index in [1.807, 2.05) is 4.90 Å². The largest absolute Gasteiger partial charge is 0.375 e. The van der Waals surface area contributed by atoms with Crippen molar-refractivity contribution in [3.05, 3.63) is 35.4 Å². The number of hydrogen-bond donors (Lipinski definition) is 1. The van der Waals surface area contributed by atoms with Crippen LogP contribution in [0.1, 0.15) is 55.6 Å². The van der Waals surface area contributed by atoms with Crippen LogP contribution in [0.5, 0.6) is 0 Å². The van der Waals surface area contributed by atoms with Gasteiger partial charge in [-0.2, -0.15) is 0 Å². The quantitative estimate of drug-likeness (QED) is 0.837. The number of rotatable bonds is 6. The summed E-state index contributed by atoms with van der Waals surface area (Å²) in [5.74, 6) is 1.27. The molecule has 5 heteroatoms. The number of ether oxygens (including phenoxy) is 1. The van der Waals surface area contributed by atoms with Gasteiger partial charge in [0.05, 0.1) is 0 Å². The number of carbonyl (C=O) groups excluding carboxylic acids is 2. The molecule has 2 fully saturated rings. The number of hydrogen-bond acceptors (Lipinski definition) is 3. The van der Waals surface area contributed by atoms with Gasteiger partial charge in [-0.25, -0.2) is 0 Å². The zero-order valence-electron chi connectivity index (χ0n) is 16.2. The zero-order valence-corrected chi connectivity index (χ0v) is 16.2. The predicted molar refractivity (Wildman–Crippen MR) is 104 cm³/mol. The molecule has 1 spiro atoms. The van der Waals surface area contributed by atoms with Crippen molar-refractivity contribution in [3.8, 4) is 0 Å². The van der Waals surface area contributed by atoms with Gasteiger partial charge in [-0.15, -0.1) is 0 Å². The number of nitrogens with one attached hydrogen (secondary N) is 1. The van der Waals surface area contributed by atoms with E-state index in [-0.39, 0.29) is 23.8 Å². The molecule has 1 heterocycles. The van der Waals surface area contributed by atoms with Crippen LogP contribution in [0.2, 0.25) is 0 Å². The summed E-state index contributed by atoms with van der Waals surface area (Å²) in [4.78, 5) is 26.5. The van der Waals surface area contributed by atoms with E-state index in [4.69, 9.17) is 4.74 Å². The Morgan fingerprint density at radius 2 is 1.96 bits per heavy atom. The number of benzene rings is 1. The molecule has 0 bridgehead atoms. The van der Waals surface area contributed by atoms with Crippen molar-refractivity contribution < 1.29 is 14.3 Å². The molecule has 1 atom stereocenters. The molecule has 146 valence electrons. The molecule has 1 aliphatic heterocycles. The normalized spacial score (nSPS) is 23.3. The minimum atomic E-state index is 0.0784. The lowest BCUT2D eigenvalue weighted by molar-refractivity contribution is -0.136. The van der Waals surface area contributed by atoms with Gasteiger partial charge in [0.2, 0.25) is 11.8 Å². The van der Waals surface area contributed by atoms with Crippen LogP contribution < -0.4 is 5.32 Å². The minimum absolute atomic E-state index is 0.0784. The molecule has 1 aromatic carbocycles. The number of carbonyl (C=O) groups is 2. The fourth-order valence-electron chi connectivity index (χ4n) is 4.96. The molecule has 1 unspecified atom stereocenters. The maximum absolute atomic E-state index is 12.4. The molecule has 1 saturated heterocycles. The summed E-state index contributed by atoms with van der Waals surface area (Å²) in [5.41, 5.74) is 2.86. The standard InChI is InChI=1S/C22H30N2O3/c1-27-15-21(26)24-10-8-22(9-11-24)13-17(18-4-2-3-5-19(18)22)12-20(25)23-14-16-6-7-16/h2-5,16-17H,6-15H2,1H3,(H,23,25). The third-order valence-electron chi connectivity index (χ3n) is 6.67. The van der Waals surface area contributed by atoms with Crippen molar-refractivity contribution in [2.24, 2.45) is 5.92 Å². The maximum atomic E-state index is 12.4. The summed E-state index contributed by atoms with van der Waals surface area (Å²) in [5, 5.41) is 3.12. The molecule has 2 amide bonds. The lowest BCUT2D eigenvalue weighted by Crippen LogP contribution is -2.45. The first kappa shape index (κ1) is 18.5. The van der Waals surface area contributed by atoms with Gasteiger partial charge in [0.25, 0.3) is 0 Å². The van der Waals surface area contributed by atoms with E-state index < -0.39 is 0 Å². The van der Waals surface area contributed by atoms with Gasteiger partial charge in [-0.1, -0.05) is 24.3 Å². The van der Waals surface area contributed by atoms with Crippen LogP contribution in [0.4, 0.5) is 0 Å². The van der Waals surface area contributed by atoms with E-state index in [0.29, 0.717) is 18.3 Å². The van der Waals surface area contributed by atoms with Crippen molar-refractivity contribution in [2.75, 3.05) is 33.4 Å². The van der Waals surface area contributed by atoms with Crippen LogP contribution in [0.15, 0.2) is 24.3 Å². The monoisotopic (exact) mass is 370 g/mol. The summed E-state index contributed by atoms with van der Waals surface area (Å²) >= 11 is 0. The highest BCUT2D eigenvalue weighted by molar-refractivity contribution is 5.78. The molecule has 27 heavy (non-hydrogen) atoms. The molecule has 2 aliphatic carbocycles. The van der Waals surface area contributed by atoms with Crippen LogP contribution in [0.25, 0.3) is 0 Å². The lowest BCUT2D eigenvalue weighted by Gasteiger charge is -2.40. The zero-order chi connectivity index (χ0) is 18.9. The highest BCUT2D eigenvalue weighted by Crippen LogP contribution is 2.52. The number of fused-ring (bicyclic) bond motifs is 2. The minimum Gasteiger partial charge on any atom is -0.375 e. The van der Waals surface area contributed by atoms with Crippen molar-refractivity contribution in [2.45, 2.75) is 49.9 Å². The number of likely N-dealkylation sites (tertiary alicyclic amines) is 1. The summed E-state index contributed by atoms with van der Waals surface area (Å²) in [6.07, 6.45) is 6.06. The summed E-state index contributed by atoms with van der Waals surface area (Å²) in [7, 11) is 1.56. The molecule has 4 rings (SSSR count). The first-order valence-corrected chi connectivity index (χ1v) is 10.2. The average molecular weight is 370 g/mol. The number of amides is 2. The van der Waals surface area contributed by atoms with Crippen LogP contribution in [0.3, 0.4) is 0 Å². The molecule has 0 aromatic heterocycles. The van der Waals surface area contributed by atoms with Crippen molar-refractivity contribution in [1.82, 2.24) is 10.2 Å². The van der Waals surface area contributed by atoms with Crippen LogP contribution >= 0.6 is 0 Å². The van der Waals surface area contributed by atoms with E-state index in [1.165, 1.54) is 24.0 Å². The van der Waals surface area contributed by atoms with Gasteiger partial charge in [0.15, 0.2) is 0 Å². The molecular weight excluding hydrogens is 340 g/mol. The molecule has 0 radical (unpaired) electrons. The highest BCUT2D eigenvalue weighted by atomic mass is 16.5. The summed E-state index contributed by atoms with van der Waals surface area (Å²) in [6, 6.07) is 8.64. The van der Waals surface area contributed by atoms with Crippen LogP contribution in [0, 0.1) is 5.92 Å². The molecule has 5 nitrogen and oxygen atoms in total. The predicted octanol–water partition coefficient (Wildman–Crippen LogP) is 2.60. The molecule has 1 N–H and O–H groups in total. The van der Waals surface area contributed by atoms with Gasteiger partial charge in [-0.3, -0.25) is 9.59 Å². The molecule has 1 aromatic rings. The second kappa shape index (κ2) is 7.63. The van der Waals surface area contributed by atoms with E-state index in [9.17, 15) is 9.59 Å². The maximum Gasteiger partial charge on any atom is 0.248 e. The summed E-state index contributed by atoms with van der Waals surface area (Å²) in [6.45, 7) is 2.55. The SMILES string of the molecule is COCC(=O)N1CCC2(CC1)CC(CC(=O)NCC1CC1)c1ccccc12. The fourth-order valence-corrected chi connectivity index (χ4v) is 4.96. The third-order valence-corrected chi connectivity index (χ3v) is 6.67. The second-order valence-electron chi connectivity index (χ2n) is 8.53. The topological polar surface area (TPSA) is 58.6 Å². The van der Waals surface area contributed by atoms with Crippen molar-refractivity contribution >= 4 is 11.8 Å². The van der Waals surface area contributed by atoms with Gasteiger partial charge in [0.1, 0.15) is 6.61 Å². The highest BCUT2D eigenvalue weighted by Gasteiger charge is 2.46. The first-order valence-electron chi connectivity index (χ1n) is 10.2. The molecule has 1 saturated carbocycles. The number of methoxy groups -OCH3 is 1.